The maximum atomic E-state index is 12.5. The Kier molecular flexibility index (Phi) is 4.91. The van der Waals surface area contributed by atoms with Crippen molar-refractivity contribution in [1.82, 2.24) is 9.88 Å². The number of carbonyl (C=O) groups is 1. The number of pyridine rings is 1. The van der Waals surface area contributed by atoms with Gasteiger partial charge in [0, 0.05) is 12.7 Å². The number of hydrogen-bond acceptors (Lipinski definition) is 2. The molecule has 1 fully saturated rings. The normalized spacial score (nSPS) is 14.8. The summed E-state index contributed by atoms with van der Waals surface area (Å²) < 4.78 is 1.58. The molecule has 120 valence electrons. The van der Waals surface area contributed by atoms with Crippen LogP contribution in [0.1, 0.15) is 41.6 Å². The molecule has 1 heterocycles. The first-order valence-electron chi connectivity index (χ1n) is 8.25. The van der Waals surface area contributed by atoms with Gasteiger partial charge in [-0.3, -0.25) is 9.59 Å². The summed E-state index contributed by atoms with van der Waals surface area (Å²) in [6, 6.07) is 13.1. The fourth-order valence-electron chi connectivity index (χ4n) is 3.16. The van der Waals surface area contributed by atoms with Gasteiger partial charge in [-0.05, 0) is 36.5 Å². The van der Waals surface area contributed by atoms with E-state index in [1.807, 2.05) is 30.3 Å². The van der Waals surface area contributed by atoms with Gasteiger partial charge in [-0.25, -0.2) is 0 Å². The van der Waals surface area contributed by atoms with Crippen molar-refractivity contribution in [2.75, 3.05) is 6.54 Å². The van der Waals surface area contributed by atoms with Gasteiger partial charge in [0.05, 0.1) is 6.54 Å². The van der Waals surface area contributed by atoms with Crippen molar-refractivity contribution in [3.05, 3.63) is 70.1 Å². The Morgan fingerprint density at radius 3 is 2.57 bits per heavy atom. The van der Waals surface area contributed by atoms with Gasteiger partial charge in [0.2, 0.25) is 0 Å². The lowest BCUT2D eigenvalue weighted by Crippen LogP contribution is -2.35. The summed E-state index contributed by atoms with van der Waals surface area (Å²) in [7, 11) is 0. The van der Waals surface area contributed by atoms with Gasteiger partial charge in [0.25, 0.3) is 11.5 Å². The van der Waals surface area contributed by atoms with Gasteiger partial charge in [0.15, 0.2) is 0 Å². The molecule has 0 radical (unpaired) electrons. The Morgan fingerprint density at radius 1 is 1.09 bits per heavy atom. The van der Waals surface area contributed by atoms with E-state index < -0.39 is 0 Å². The number of amides is 1. The van der Waals surface area contributed by atoms with Crippen LogP contribution in [0.3, 0.4) is 0 Å². The van der Waals surface area contributed by atoms with Gasteiger partial charge in [-0.2, -0.15) is 0 Å². The SMILES string of the molecule is O=C(NCC1CCCC1)c1cccn(Cc2ccccc2)c1=O. The first-order valence-corrected chi connectivity index (χ1v) is 8.25. The Hall–Kier alpha value is -2.36. The Balaban J connectivity index is 1.71. The minimum Gasteiger partial charge on any atom is -0.352 e. The quantitative estimate of drug-likeness (QED) is 0.923. The second kappa shape index (κ2) is 7.27. The maximum absolute atomic E-state index is 12.5. The van der Waals surface area contributed by atoms with Crippen molar-refractivity contribution in [1.29, 1.82) is 0 Å². The molecule has 1 aromatic heterocycles. The minimum absolute atomic E-state index is 0.224. The number of rotatable bonds is 5. The van der Waals surface area contributed by atoms with Crippen LogP contribution in [0.25, 0.3) is 0 Å². The molecule has 4 heteroatoms. The summed E-state index contributed by atoms with van der Waals surface area (Å²) in [5, 5.41) is 2.92. The van der Waals surface area contributed by atoms with Crippen LogP contribution in [-0.4, -0.2) is 17.0 Å². The van der Waals surface area contributed by atoms with Crippen LogP contribution >= 0.6 is 0 Å². The van der Waals surface area contributed by atoms with Crippen LogP contribution in [0, 0.1) is 5.92 Å². The van der Waals surface area contributed by atoms with E-state index in [0.717, 1.165) is 5.56 Å². The minimum atomic E-state index is -0.260. The molecule has 2 aromatic rings. The summed E-state index contributed by atoms with van der Waals surface area (Å²) in [6.45, 7) is 1.15. The third kappa shape index (κ3) is 3.89. The topological polar surface area (TPSA) is 51.1 Å². The highest BCUT2D eigenvalue weighted by Crippen LogP contribution is 2.23. The number of benzene rings is 1. The fourth-order valence-corrected chi connectivity index (χ4v) is 3.16. The molecule has 1 aliphatic carbocycles. The van der Waals surface area contributed by atoms with Crippen LogP contribution in [0.5, 0.6) is 0 Å². The number of hydrogen-bond donors (Lipinski definition) is 1. The molecule has 0 spiro atoms. The zero-order valence-electron chi connectivity index (χ0n) is 13.2. The van der Waals surface area contributed by atoms with Gasteiger partial charge in [-0.15, -0.1) is 0 Å². The lowest BCUT2D eigenvalue weighted by molar-refractivity contribution is 0.0945. The second-order valence-electron chi connectivity index (χ2n) is 6.20. The smallest absolute Gasteiger partial charge is 0.263 e. The maximum Gasteiger partial charge on any atom is 0.263 e. The molecule has 0 saturated heterocycles. The Bertz CT molecular complexity index is 716. The largest absolute Gasteiger partial charge is 0.352 e. The average molecular weight is 310 g/mol. The van der Waals surface area contributed by atoms with E-state index >= 15 is 0 Å². The van der Waals surface area contributed by atoms with Gasteiger partial charge in [-0.1, -0.05) is 43.2 Å². The standard InChI is InChI=1S/C19H22N2O2/c22-18(20-13-15-7-4-5-8-15)17-11-6-12-21(19(17)23)14-16-9-2-1-3-10-16/h1-3,6,9-12,15H,4-5,7-8,13-14H2,(H,20,22). The predicted octanol–water partition coefficient (Wildman–Crippen LogP) is 2.82. The van der Waals surface area contributed by atoms with Crippen molar-refractivity contribution in [2.24, 2.45) is 5.92 Å². The van der Waals surface area contributed by atoms with Crippen LogP contribution in [-0.2, 0) is 6.54 Å². The number of nitrogens with zero attached hydrogens (tertiary/aromatic N) is 1. The zero-order valence-corrected chi connectivity index (χ0v) is 13.2. The zero-order chi connectivity index (χ0) is 16.1. The molecule has 0 bridgehead atoms. The molecule has 0 unspecified atom stereocenters. The summed E-state index contributed by atoms with van der Waals surface area (Å²) in [4.78, 5) is 24.8. The molecular weight excluding hydrogens is 288 g/mol. The molecule has 1 aliphatic rings. The van der Waals surface area contributed by atoms with E-state index in [-0.39, 0.29) is 17.0 Å². The molecule has 1 amide bonds. The molecule has 23 heavy (non-hydrogen) atoms. The number of aromatic nitrogens is 1. The van der Waals surface area contributed by atoms with E-state index in [2.05, 4.69) is 5.32 Å². The van der Waals surface area contributed by atoms with E-state index in [4.69, 9.17) is 0 Å². The highest BCUT2D eigenvalue weighted by atomic mass is 16.2. The number of carbonyl (C=O) groups excluding carboxylic acids is 1. The fraction of sp³-hybridized carbons (Fsp3) is 0.368. The molecule has 0 atom stereocenters. The summed E-state index contributed by atoms with van der Waals surface area (Å²) >= 11 is 0. The molecule has 4 nitrogen and oxygen atoms in total. The molecule has 3 rings (SSSR count). The second-order valence-corrected chi connectivity index (χ2v) is 6.20. The van der Waals surface area contributed by atoms with Crippen molar-refractivity contribution in [3.8, 4) is 0 Å². The third-order valence-corrected chi connectivity index (χ3v) is 4.49. The van der Waals surface area contributed by atoms with Gasteiger partial charge in [0.1, 0.15) is 5.56 Å². The van der Waals surface area contributed by atoms with Crippen LogP contribution in [0.4, 0.5) is 0 Å². The van der Waals surface area contributed by atoms with Crippen molar-refractivity contribution in [3.63, 3.8) is 0 Å². The predicted molar refractivity (Wildman–Crippen MR) is 90.5 cm³/mol. The lowest BCUT2D eigenvalue weighted by Gasteiger charge is -2.11. The first kappa shape index (κ1) is 15.5. The molecule has 1 N–H and O–H groups in total. The van der Waals surface area contributed by atoms with Crippen LogP contribution < -0.4 is 10.9 Å². The summed E-state index contributed by atoms with van der Waals surface area (Å²) in [5.41, 5.74) is 1.03. The highest BCUT2D eigenvalue weighted by Gasteiger charge is 2.17. The molecule has 0 aliphatic heterocycles. The Labute approximate surface area is 136 Å². The monoisotopic (exact) mass is 310 g/mol. The summed E-state index contributed by atoms with van der Waals surface area (Å²) in [5.74, 6) is 0.304. The van der Waals surface area contributed by atoms with Crippen molar-refractivity contribution >= 4 is 5.91 Å². The molecule has 1 aromatic carbocycles. The lowest BCUT2D eigenvalue weighted by atomic mass is 10.1. The van der Waals surface area contributed by atoms with E-state index in [1.165, 1.54) is 25.7 Å². The third-order valence-electron chi connectivity index (χ3n) is 4.49. The van der Waals surface area contributed by atoms with Gasteiger partial charge < -0.3 is 9.88 Å². The van der Waals surface area contributed by atoms with E-state index in [9.17, 15) is 9.59 Å². The average Bonchev–Trinajstić information content (AvgIpc) is 3.09. The summed E-state index contributed by atoms with van der Waals surface area (Å²) in [6.07, 6.45) is 6.56. The van der Waals surface area contributed by atoms with Crippen molar-refractivity contribution in [2.45, 2.75) is 32.2 Å². The Morgan fingerprint density at radius 2 is 1.83 bits per heavy atom. The van der Waals surface area contributed by atoms with E-state index in [0.29, 0.717) is 19.0 Å². The first-order chi connectivity index (χ1) is 11.2. The number of nitrogens with one attached hydrogen (secondary N) is 1. The molecular formula is C19H22N2O2. The molecule has 1 saturated carbocycles. The van der Waals surface area contributed by atoms with Crippen LogP contribution in [0.2, 0.25) is 0 Å². The van der Waals surface area contributed by atoms with Crippen molar-refractivity contribution < 1.29 is 4.79 Å². The highest BCUT2D eigenvalue weighted by molar-refractivity contribution is 5.93. The van der Waals surface area contributed by atoms with Crippen LogP contribution in [0.15, 0.2) is 53.5 Å². The van der Waals surface area contributed by atoms with Gasteiger partial charge >= 0.3 is 0 Å². The van der Waals surface area contributed by atoms with E-state index in [1.54, 1.807) is 22.9 Å².